The van der Waals surface area contributed by atoms with Crippen LogP contribution in [-0.2, 0) is 12.8 Å². The van der Waals surface area contributed by atoms with Crippen molar-refractivity contribution in [2.45, 2.75) is 64.2 Å². The first-order valence-electron chi connectivity index (χ1n) is 10.8. The van der Waals surface area contributed by atoms with Crippen LogP contribution >= 0.6 is 0 Å². The third kappa shape index (κ3) is 4.75. The van der Waals surface area contributed by atoms with Crippen molar-refractivity contribution in [2.75, 3.05) is 0 Å². The summed E-state index contributed by atoms with van der Waals surface area (Å²) in [7, 11) is 0. The average molecular weight is 392 g/mol. The number of hydrazone groups is 1. The maximum atomic E-state index is 12.7. The number of aromatic nitrogens is 3. The van der Waals surface area contributed by atoms with E-state index in [2.05, 4.69) is 25.7 Å². The van der Waals surface area contributed by atoms with Crippen LogP contribution < -0.4 is 5.43 Å². The maximum Gasteiger partial charge on any atom is 0.292 e. The van der Waals surface area contributed by atoms with Gasteiger partial charge in [-0.3, -0.25) is 9.89 Å². The molecule has 0 saturated carbocycles. The van der Waals surface area contributed by atoms with Crippen molar-refractivity contribution in [3.05, 3.63) is 53.0 Å². The van der Waals surface area contributed by atoms with Crippen molar-refractivity contribution in [3.63, 3.8) is 0 Å². The molecule has 2 heterocycles. The molecular weight excluding hydrogens is 362 g/mol. The van der Waals surface area contributed by atoms with Gasteiger partial charge in [0, 0.05) is 33.9 Å². The van der Waals surface area contributed by atoms with Crippen LogP contribution in [0.3, 0.4) is 0 Å². The molecule has 1 aromatic carbocycles. The van der Waals surface area contributed by atoms with E-state index >= 15 is 0 Å². The van der Waals surface area contributed by atoms with Crippen LogP contribution in [0.25, 0.3) is 10.9 Å². The third-order valence-corrected chi connectivity index (χ3v) is 5.76. The highest BCUT2D eigenvalue weighted by molar-refractivity contribution is 6.00. The number of fused-ring (bicyclic) bond motifs is 2. The van der Waals surface area contributed by atoms with Crippen molar-refractivity contribution in [2.24, 2.45) is 5.10 Å². The summed E-state index contributed by atoms with van der Waals surface area (Å²) in [5.74, 6) is -0.245. The smallest absolute Gasteiger partial charge is 0.292 e. The van der Waals surface area contributed by atoms with Crippen LogP contribution in [0.1, 0.15) is 78.7 Å². The topological polar surface area (TPSA) is 85.9 Å². The average Bonchev–Trinajstić information content (AvgIpc) is 3.32. The van der Waals surface area contributed by atoms with Gasteiger partial charge in [-0.25, -0.2) is 5.43 Å². The van der Waals surface area contributed by atoms with E-state index in [4.69, 9.17) is 0 Å². The highest BCUT2D eigenvalue weighted by Crippen LogP contribution is 2.21. The number of hydrogen-bond donors (Lipinski definition) is 3. The van der Waals surface area contributed by atoms with Crippen LogP contribution in [0.2, 0.25) is 0 Å². The SMILES string of the molecule is O=C(NN=Cc1c[nH]c2ccccc12)c1n[nH]c2c1CCCCCCCCCC2. The van der Waals surface area contributed by atoms with Crippen LogP contribution in [0.5, 0.6) is 0 Å². The molecule has 0 aliphatic heterocycles. The van der Waals surface area contributed by atoms with Gasteiger partial charge in [-0.1, -0.05) is 56.7 Å². The van der Waals surface area contributed by atoms with Gasteiger partial charge in [-0.05, 0) is 31.7 Å². The number of rotatable bonds is 3. The highest BCUT2D eigenvalue weighted by Gasteiger charge is 2.19. The number of nitrogens with zero attached hydrogens (tertiary/aromatic N) is 2. The van der Waals surface area contributed by atoms with Crippen molar-refractivity contribution in [1.29, 1.82) is 0 Å². The Balaban J connectivity index is 1.45. The molecule has 0 bridgehead atoms. The zero-order valence-corrected chi connectivity index (χ0v) is 16.8. The molecule has 1 amide bonds. The van der Waals surface area contributed by atoms with Crippen molar-refractivity contribution in [3.8, 4) is 0 Å². The summed E-state index contributed by atoms with van der Waals surface area (Å²) < 4.78 is 0. The van der Waals surface area contributed by atoms with Crippen molar-refractivity contribution >= 4 is 23.0 Å². The summed E-state index contributed by atoms with van der Waals surface area (Å²) in [6.07, 6.45) is 15.4. The van der Waals surface area contributed by atoms with E-state index in [1.165, 1.54) is 38.5 Å². The number of benzene rings is 1. The molecule has 1 aliphatic carbocycles. The number of amides is 1. The Labute approximate surface area is 171 Å². The standard InChI is InChI=1S/C23H29N5O/c29-23(28-25-16-17-15-24-20-13-10-9-11-18(17)20)22-19-12-7-5-3-1-2-4-6-8-14-21(19)26-27-22/h9-11,13,15-16,24H,1-8,12,14H2,(H,26,27)(H,28,29). The van der Waals surface area contributed by atoms with E-state index in [0.29, 0.717) is 5.69 Å². The van der Waals surface area contributed by atoms with E-state index in [1.807, 2.05) is 30.5 Å². The van der Waals surface area contributed by atoms with Crippen LogP contribution in [0.4, 0.5) is 0 Å². The second-order valence-corrected chi connectivity index (χ2v) is 7.85. The van der Waals surface area contributed by atoms with Gasteiger partial charge in [0.1, 0.15) is 0 Å². The summed E-state index contributed by atoms with van der Waals surface area (Å²) in [5, 5.41) is 12.7. The van der Waals surface area contributed by atoms with E-state index in [1.54, 1.807) is 6.21 Å². The zero-order valence-electron chi connectivity index (χ0n) is 16.8. The first-order valence-corrected chi connectivity index (χ1v) is 10.8. The molecule has 0 unspecified atom stereocenters. The summed E-state index contributed by atoms with van der Waals surface area (Å²) in [6, 6.07) is 8.02. The first-order chi connectivity index (χ1) is 14.3. The van der Waals surface area contributed by atoms with Gasteiger partial charge in [0.05, 0.1) is 6.21 Å². The fraction of sp³-hybridized carbons (Fsp3) is 0.435. The molecular formula is C23H29N5O. The van der Waals surface area contributed by atoms with Crippen molar-refractivity contribution < 1.29 is 4.79 Å². The van der Waals surface area contributed by atoms with Gasteiger partial charge in [0.2, 0.25) is 0 Å². The number of H-pyrrole nitrogens is 2. The van der Waals surface area contributed by atoms with E-state index in [-0.39, 0.29) is 5.91 Å². The minimum absolute atomic E-state index is 0.245. The number of aromatic amines is 2. The molecule has 3 aromatic rings. The predicted octanol–water partition coefficient (Wildman–Crippen LogP) is 4.87. The zero-order chi connectivity index (χ0) is 19.9. The second-order valence-electron chi connectivity index (χ2n) is 7.85. The Bertz CT molecular complexity index is 984. The van der Waals surface area contributed by atoms with E-state index in [9.17, 15) is 4.79 Å². The minimum atomic E-state index is -0.245. The number of aryl methyl sites for hydroxylation is 1. The van der Waals surface area contributed by atoms with Gasteiger partial charge < -0.3 is 4.98 Å². The lowest BCUT2D eigenvalue weighted by molar-refractivity contribution is 0.0949. The molecule has 2 aromatic heterocycles. The van der Waals surface area contributed by atoms with Crippen molar-refractivity contribution in [1.82, 2.24) is 20.6 Å². The molecule has 0 fully saturated rings. The Morgan fingerprint density at radius 1 is 1.00 bits per heavy atom. The summed E-state index contributed by atoms with van der Waals surface area (Å²) in [5.41, 5.74) is 7.34. The molecule has 152 valence electrons. The molecule has 0 radical (unpaired) electrons. The lowest BCUT2D eigenvalue weighted by Gasteiger charge is -2.08. The molecule has 0 atom stereocenters. The number of carbonyl (C=O) groups is 1. The fourth-order valence-electron chi connectivity index (χ4n) is 4.14. The molecule has 0 spiro atoms. The fourth-order valence-corrected chi connectivity index (χ4v) is 4.14. The Morgan fingerprint density at radius 2 is 1.72 bits per heavy atom. The molecule has 29 heavy (non-hydrogen) atoms. The molecule has 6 nitrogen and oxygen atoms in total. The summed E-state index contributed by atoms with van der Waals surface area (Å²) >= 11 is 0. The van der Waals surface area contributed by atoms with Gasteiger partial charge >= 0.3 is 0 Å². The lowest BCUT2D eigenvalue weighted by atomic mass is 9.98. The quantitative estimate of drug-likeness (QED) is 0.439. The number of hydrogen-bond acceptors (Lipinski definition) is 3. The highest BCUT2D eigenvalue weighted by atomic mass is 16.2. The van der Waals surface area contributed by atoms with Crippen LogP contribution in [0.15, 0.2) is 35.6 Å². The lowest BCUT2D eigenvalue weighted by Crippen LogP contribution is -2.20. The Kier molecular flexibility index (Phi) is 6.39. The summed E-state index contributed by atoms with van der Waals surface area (Å²) in [4.78, 5) is 15.9. The number of nitrogens with one attached hydrogen (secondary N) is 3. The predicted molar refractivity (Wildman–Crippen MR) is 116 cm³/mol. The first kappa shape index (κ1) is 19.4. The molecule has 3 N–H and O–H groups in total. The molecule has 0 saturated heterocycles. The molecule has 6 heteroatoms. The largest absolute Gasteiger partial charge is 0.361 e. The van der Waals surface area contributed by atoms with Gasteiger partial charge in [0.15, 0.2) is 5.69 Å². The normalized spacial score (nSPS) is 16.3. The van der Waals surface area contributed by atoms with E-state index in [0.717, 1.165) is 53.4 Å². The van der Waals surface area contributed by atoms with Gasteiger partial charge in [-0.2, -0.15) is 10.2 Å². The Morgan fingerprint density at radius 3 is 2.55 bits per heavy atom. The number of carbonyl (C=O) groups excluding carboxylic acids is 1. The summed E-state index contributed by atoms with van der Waals surface area (Å²) in [6.45, 7) is 0. The maximum absolute atomic E-state index is 12.7. The van der Waals surface area contributed by atoms with E-state index < -0.39 is 0 Å². The Hall–Kier alpha value is -2.89. The third-order valence-electron chi connectivity index (χ3n) is 5.76. The minimum Gasteiger partial charge on any atom is -0.361 e. The molecule has 1 aliphatic rings. The van der Waals surface area contributed by atoms with Gasteiger partial charge in [-0.15, -0.1) is 0 Å². The monoisotopic (exact) mass is 391 g/mol. The molecule has 4 rings (SSSR count). The second kappa shape index (κ2) is 9.54. The number of para-hydroxylation sites is 1. The van der Waals surface area contributed by atoms with Crippen LogP contribution in [0, 0.1) is 0 Å². The van der Waals surface area contributed by atoms with Gasteiger partial charge in [0.25, 0.3) is 5.91 Å². The van der Waals surface area contributed by atoms with Crippen LogP contribution in [-0.4, -0.2) is 27.3 Å².